The highest BCUT2D eigenvalue weighted by Crippen LogP contribution is 2.18. The van der Waals surface area contributed by atoms with Crippen LogP contribution >= 0.6 is 0 Å². The Hall–Kier alpha value is -2.83. The number of rotatable bonds is 4. The minimum absolute atomic E-state index is 0.334. The average Bonchev–Trinajstić information content (AvgIpc) is 3.02. The molecule has 1 N–H and O–H groups in total. The van der Waals surface area contributed by atoms with Gasteiger partial charge >= 0.3 is 0 Å². The van der Waals surface area contributed by atoms with Gasteiger partial charge in [-0.1, -0.05) is 6.07 Å². The second kappa shape index (κ2) is 5.66. The molecule has 106 valence electrons. The normalized spacial score (nSPS) is 10.6. The van der Waals surface area contributed by atoms with Crippen molar-refractivity contribution in [3.63, 3.8) is 0 Å². The van der Waals surface area contributed by atoms with Gasteiger partial charge in [0, 0.05) is 6.20 Å². The van der Waals surface area contributed by atoms with Crippen LogP contribution in [0.15, 0.2) is 42.9 Å². The van der Waals surface area contributed by atoms with Gasteiger partial charge in [-0.25, -0.2) is 9.07 Å². The molecule has 6 nitrogen and oxygen atoms in total. The zero-order valence-corrected chi connectivity index (χ0v) is 11.4. The third-order valence-electron chi connectivity index (χ3n) is 3.00. The van der Waals surface area contributed by atoms with Crippen molar-refractivity contribution in [2.24, 2.45) is 0 Å². The maximum absolute atomic E-state index is 13.8. The molecular weight excluding hydrogens is 271 g/mol. The number of halogens is 1. The van der Waals surface area contributed by atoms with Crippen LogP contribution < -0.4 is 5.32 Å². The summed E-state index contributed by atoms with van der Waals surface area (Å²) in [6.07, 6.45) is 3.24. The van der Waals surface area contributed by atoms with Crippen LogP contribution in [0.4, 0.5) is 10.1 Å². The van der Waals surface area contributed by atoms with Crippen molar-refractivity contribution in [2.45, 2.75) is 13.5 Å². The molecule has 0 aliphatic rings. The summed E-state index contributed by atoms with van der Waals surface area (Å²) >= 11 is 0. The summed E-state index contributed by atoms with van der Waals surface area (Å²) in [6.45, 7) is 2.41. The highest BCUT2D eigenvalue weighted by Gasteiger charge is 2.06. The van der Waals surface area contributed by atoms with Gasteiger partial charge in [-0.3, -0.25) is 4.98 Å². The number of aromatic nitrogens is 5. The number of tetrazole rings is 1. The standard InChI is InChI=1S/C14H13FN6/c1-10-2-3-11(16-7-10)8-17-14-6-12(4-5-13(14)15)21-9-18-19-20-21/h2-7,9,17H,8H2,1H3. The summed E-state index contributed by atoms with van der Waals surface area (Å²) in [5, 5.41) is 13.9. The van der Waals surface area contributed by atoms with E-state index in [4.69, 9.17) is 0 Å². The van der Waals surface area contributed by atoms with Crippen LogP contribution in [0.2, 0.25) is 0 Å². The lowest BCUT2D eigenvalue weighted by Gasteiger charge is -2.09. The minimum Gasteiger partial charge on any atom is -0.377 e. The number of aryl methyl sites for hydroxylation is 1. The fourth-order valence-electron chi connectivity index (χ4n) is 1.86. The molecule has 0 atom stereocenters. The Morgan fingerprint density at radius 1 is 1.24 bits per heavy atom. The molecule has 0 aliphatic heterocycles. The van der Waals surface area contributed by atoms with Crippen molar-refractivity contribution in [2.75, 3.05) is 5.32 Å². The van der Waals surface area contributed by atoms with Gasteiger partial charge in [-0.2, -0.15) is 0 Å². The molecule has 3 rings (SSSR count). The predicted molar refractivity (Wildman–Crippen MR) is 75.4 cm³/mol. The van der Waals surface area contributed by atoms with E-state index in [-0.39, 0.29) is 5.82 Å². The molecular formula is C14H13FN6. The van der Waals surface area contributed by atoms with E-state index in [1.165, 1.54) is 17.1 Å². The van der Waals surface area contributed by atoms with E-state index in [0.717, 1.165) is 11.3 Å². The third kappa shape index (κ3) is 3.02. The first-order valence-corrected chi connectivity index (χ1v) is 6.41. The Balaban J connectivity index is 1.78. The SMILES string of the molecule is Cc1ccc(CNc2cc(-n3cnnn3)ccc2F)nc1. The molecule has 0 amide bonds. The highest BCUT2D eigenvalue weighted by molar-refractivity contribution is 5.52. The Bertz CT molecular complexity index is 724. The van der Waals surface area contributed by atoms with Gasteiger partial charge in [0.15, 0.2) is 0 Å². The van der Waals surface area contributed by atoms with E-state index in [1.54, 1.807) is 18.3 Å². The molecule has 0 bridgehead atoms. The van der Waals surface area contributed by atoms with Crippen molar-refractivity contribution in [1.29, 1.82) is 0 Å². The third-order valence-corrected chi connectivity index (χ3v) is 3.00. The van der Waals surface area contributed by atoms with Crippen molar-refractivity contribution in [3.8, 4) is 5.69 Å². The minimum atomic E-state index is -0.334. The van der Waals surface area contributed by atoms with Crippen LogP contribution in [0.25, 0.3) is 5.69 Å². The smallest absolute Gasteiger partial charge is 0.146 e. The quantitative estimate of drug-likeness (QED) is 0.794. The molecule has 1 aromatic carbocycles. The maximum Gasteiger partial charge on any atom is 0.146 e. The summed E-state index contributed by atoms with van der Waals surface area (Å²) in [5.41, 5.74) is 2.99. The highest BCUT2D eigenvalue weighted by atomic mass is 19.1. The number of hydrogen-bond donors (Lipinski definition) is 1. The average molecular weight is 284 g/mol. The second-order valence-electron chi connectivity index (χ2n) is 4.60. The zero-order valence-electron chi connectivity index (χ0n) is 11.4. The van der Waals surface area contributed by atoms with Crippen molar-refractivity contribution in [1.82, 2.24) is 25.2 Å². The number of anilines is 1. The van der Waals surface area contributed by atoms with Crippen LogP contribution in [0, 0.1) is 12.7 Å². The second-order valence-corrected chi connectivity index (χ2v) is 4.60. The van der Waals surface area contributed by atoms with E-state index in [0.29, 0.717) is 17.9 Å². The van der Waals surface area contributed by atoms with Crippen LogP contribution in [0.1, 0.15) is 11.3 Å². The Morgan fingerprint density at radius 2 is 2.14 bits per heavy atom. The molecule has 0 unspecified atom stereocenters. The largest absolute Gasteiger partial charge is 0.377 e. The number of pyridine rings is 1. The first kappa shape index (κ1) is 13.2. The van der Waals surface area contributed by atoms with Crippen LogP contribution in [0.3, 0.4) is 0 Å². The number of nitrogens with one attached hydrogen (secondary N) is 1. The van der Waals surface area contributed by atoms with E-state index >= 15 is 0 Å². The molecule has 0 radical (unpaired) electrons. The molecule has 0 saturated carbocycles. The summed E-state index contributed by atoms with van der Waals surface area (Å²) < 4.78 is 15.3. The molecule has 3 aromatic rings. The van der Waals surface area contributed by atoms with Crippen LogP contribution in [-0.4, -0.2) is 25.2 Å². The van der Waals surface area contributed by atoms with Gasteiger partial charge < -0.3 is 5.32 Å². The van der Waals surface area contributed by atoms with Gasteiger partial charge in [-0.05, 0) is 47.2 Å². The Kier molecular flexibility index (Phi) is 3.55. The van der Waals surface area contributed by atoms with E-state index in [1.807, 2.05) is 19.1 Å². The summed E-state index contributed by atoms with van der Waals surface area (Å²) in [7, 11) is 0. The van der Waals surface area contributed by atoms with Gasteiger partial charge in [0.25, 0.3) is 0 Å². The van der Waals surface area contributed by atoms with E-state index < -0.39 is 0 Å². The summed E-state index contributed by atoms with van der Waals surface area (Å²) in [6, 6.07) is 8.52. The van der Waals surface area contributed by atoms with Gasteiger partial charge in [0.1, 0.15) is 12.1 Å². The Labute approximate surface area is 120 Å². The summed E-state index contributed by atoms with van der Waals surface area (Å²) in [4.78, 5) is 4.27. The predicted octanol–water partition coefficient (Wildman–Crippen LogP) is 2.12. The van der Waals surface area contributed by atoms with Crippen LogP contribution in [-0.2, 0) is 6.54 Å². The zero-order chi connectivity index (χ0) is 14.7. The lowest BCUT2D eigenvalue weighted by atomic mass is 10.2. The fraction of sp³-hybridized carbons (Fsp3) is 0.143. The molecule has 2 aromatic heterocycles. The summed E-state index contributed by atoms with van der Waals surface area (Å²) in [5.74, 6) is -0.334. The molecule has 0 spiro atoms. The molecule has 7 heteroatoms. The lowest BCUT2D eigenvalue weighted by molar-refractivity contribution is 0.629. The van der Waals surface area contributed by atoms with Gasteiger partial charge in [0.05, 0.1) is 23.6 Å². The Morgan fingerprint density at radius 3 is 2.86 bits per heavy atom. The van der Waals surface area contributed by atoms with Crippen molar-refractivity contribution in [3.05, 3.63) is 59.9 Å². The molecule has 21 heavy (non-hydrogen) atoms. The van der Waals surface area contributed by atoms with Crippen molar-refractivity contribution < 1.29 is 4.39 Å². The monoisotopic (exact) mass is 284 g/mol. The molecule has 2 heterocycles. The van der Waals surface area contributed by atoms with Crippen LogP contribution in [0.5, 0.6) is 0 Å². The fourth-order valence-corrected chi connectivity index (χ4v) is 1.86. The number of hydrogen-bond acceptors (Lipinski definition) is 5. The van der Waals surface area contributed by atoms with Gasteiger partial charge in [-0.15, -0.1) is 5.10 Å². The number of nitrogens with zero attached hydrogens (tertiary/aromatic N) is 5. The van der Waals surface area contributed by atoms with Gasteiger partial charge in [0.2, 0.25) is 0 Å². The molecule has 0 saturated heterocycles. The number of benzene rings is 1. The first-order chi connectivity index (χ1) is 10.2. The topological polar surface area (TPSA) is 68.5 Å². The lowest BCUT2D eigenvalue weighted by Crippen LogP contribution is -2.05. The maximum atomic E-state index is 13.8. The molecule has 0 aliphatic carbocycles. The molecule has 0 fully saturated rings. The van der Waals surface area contributed by atoms with E-state index in [9.17, 15) is 4.39 Å². The first-order valence-electron chi connectivity index (χ1n) is 6.41. The van der Waals surface area contributed by atoms with E-state index in [2.05, 4.69) is 25.8 Å². The van der Waals surface area contributed by atoms with Crippen molar-refractivity contribution >= 4 is 5.69 Å².